The normalized spacial score (nSPS) is 30.8. The molecule has 2 atom stereocenters. The monoisotopic (exact) mass is 225 g/mol. The minimum Gasteiger partial charge on any atom is -0.356 e. The number of hydrogen-bond acceptors (Lipinski definition) is 3. The maximum Gasteiger partial charge on any atom is 0.224 e. The summed E-state index contributed by atoms with van der Waals surface area (Å²) in [6.07, 6.45) is 4.65. The first-order valence-corrected chi connectivity index (χ1v) is 6.45. The van der Waals surface area contributed by atoms with Crippen molar-refractivity contribution in [2.75, 3.05) is 33.2 Å². The van der Waals surface area contributed by atoms with Crippen LogP contribution in [0.3, 0.4) is 0 Å². The van der Waals surface area contributed by atoms with Gasteiger partial charge in [0.05, 0.1) is 5.92 Å². The quantitative estimate of drug-likeness (QED) is 0.718. The molecule has 1 amide bonds. The molecule has 0 saturated carbocycles. The summed E-state index contributed by atoms with van der Waals surface area (Å²) in [4.78, 5) is 14.0. The molecule has 0 aromatic rings. The Bertz CT molecular complexity index is 238. The van der Waals surface area contributed by atoms with Crippen molar-refractivity contribution in [3.05, 3.63) is 0 Å². The number of nitrogens with zero attached hydrogens (tertiary/aromatic N) is 1. The lowest BCUT2D eigenvalue weighted by molar-refractivity contribution is -0.124. The van der Waals surface area contributed by atoms with E-state index >= 15 is 0 Å². The molecule has 0 aliphatic carbocycles. The summed E-state index contributed by atoms with van der Waals surface area (Å²) in [5.41, 5.74) is 0. The van der Waals surface area contributed by atoms with Crippen LogP contribution in [-0.4, -0.2) is 50.1 Å². The number of rotatable bonds is 4. The van der Waals surface area contributed by atoms with E-state index in [-0.39, 0.29) is 11.8 Å². The van der Waals surface area contributed by atoms with Gasteiger partial charge in [-0.25, -0.2) is 0 Å². The number of likely N-dealkylation sites (tertiary alicyclic amines) is 1. The van der Waals surface area contributed by atoms with Gasteiger partial charge < -0.3 is 15.5 Å². The average Bonchev–Trinajstić information content (AvgIpc) is 2.89. The Labute approximate surface area is 97.8 Å². The number of carbonyl (C=O) groups excluding carboxylic acids is 1. The fourth-order valence-corrected chi connectivity index (χ4v) is 2.67. The van der Waals surface area contributed by atoms with Crippen molar-refractivity contribution in [2.24, 2.45) is 5.92 Å². The van der Waals surface area contributed by atoms with Gasteiger partial charge >= 0.3 is 0 Å². The molecule has 4 nitrogen and oxygen atoms in total. The Hall–Kier alpha value is -0.610. The summed E-state index contributed by atoms with van der Waals surface area (Å²) < 4.78 is 0. The predicted octanol–water partition coefficient (Wildman–Crippen LogP) is 0.196. The first-order chi connectivity index (χ1) is 7.75. The van der Waals surface area contributed by atoms with Gasteiger partial charge in [-0.15, -0.1) is 0 Å². The molecule has 0 spiro atoms. The summed E-state index contributed by atoms with van der Waals surface area (Å²) in [6.45, 7) is 3.96. The van der Waals surface area contributed by atoms with Gasteiger partial charge in [0, 0.05) is 19.1 Å². The largest absolute Gasteiger partial charge is 0.356 e. The summed E-state index contributed by atoms with van der Waals surface area (Å²) >= 11 is 0. The van der Waals surface area contributed by atoms with Crippen molar-refractivity contribution in [2.45, 2.75) is 31.7 Å². The summed E-state index contributed by atoms with van der Waals surface area (Å²) in [7, 11) is 2.08. The number of amides is 1. The molecule has 92 valence electrons. The summed E-state index contributed by atoms with van der Waals surface area (Å²) in [5.74, 6) is 0.476. The molecular weight excluding hydrogens is 202 g/mol. The Morgan fingerprint density at radius 2 is 2.38 bits per heavy atom. The van der Waals surface area contributed by atoms with E-state index in [2.05, 4.69) is 22.6 Å². The van der Waals surface area contributed by atoms with Crippen LogP contribution in [0.25, 0.3) is 0 Å². The molecule has 2 rings (SSSR count). The van der Waals surface area contributed by atoms with Crippen LogP contribution in [0.2, 0.25) is 0 Å². The molecule has 0 aromatic heterocycles. The molecule has 2 fully saturated rings. The standard InChI is InChI=1S/C12H23N3O/c1-15-8-5-10(9-15)12(16)14-7-4-11-3-2-6-13-11/h10-11,13H,2-9H2,1H3,(H,14,16). The van der Waals surface area contributed by atoms with Crippen LogP contribution in [0.4, 0.5) is 0 Å². The van der Waals surface area contributed by atoms with E-state index in [0.717, 1.165) is 39.0 Å². The molecule has 2 heterocycles. The highest BCUT2D eigenvalue weighted by atomic mass is 16.1. The second kappa shape index (κ2) is 5.64. The van der Waals surface area contributed by atoms with E-state index in [1.165, 1.54) is 12.8 Å². The van der Waals surface area contributed by atoms with Crippen molar-refractivity contribution in [1.82, 2.24) is 15.5 Å². The lowest BCUT2D eigenvalue weighted by Gasteiger charge is -2.13. The Morgan fingerprint density at radius 3 is 3.00 bits per heavy atom. The summed E-state index contributed by atoms with van der Waals surface area (Å²) in [6, 6.07) is 0.631. The highest BCUT2D eigenvalue weighted by Gasteiger charge is 2.25. The third-order valence-electron chi connectivity index (χ3n) is 3.72. The van der Waals surface area contributed by atoms with E-state index in [9.17, 15) is 4.79 Å². The van der Waals surface area contributed by atoms with E-state index in [4.69, 9.17) is 0 Å². The van der Waals surface area contributed by atoms with Gasteiger partial charge in [0.15, 0.2) is 0 Å². The lowest BCUT2D eigenvalue weighted by Crippen LogP contribution is -2.35. The molecule has 0 bridgehead atoms. The van der Waals surface area contributed by atoms with E-state index in [1.807, 2.05) is 0 Å². The molecule has 2 saturated heterocycles. The number of nitrogens with one attached hydrogen (secondary N) is 2. The zero-order chi connectivity index (χ0) is 11.4. The summed E-state index contributed by atoms with van der Waals surface area (Å²) in [5, 5.41) is 6.51. The predicted molar refractivity (Wildman–Crippen MR) is 64.3 cm³/mol. The van der Waals surface area contributed by atoms with Crippen LogP contribution in [0, 0.1) is 5.92 Å². The molecule has 4 heteroatoms. The minimum absolute atomic E-state index is 0.224. The zero-order valence-electron chi connectivity index (χ0n) is 10.2. The van der Waals surface area contributed by atoms with E-state index in [0.29, 0.717) is 6.04 Å². The van der Waals surface area contributed by atoms with Crippen molar-refractivity contribution < 1.29 is 4.79 Å². The maximum atomic E-state index is 11.8. The minimum atomic E-state index is 0.224. The van der Waals surface area contributed by atoms with E-state index < -0.39 is 0 Å². The molecule has 16 heavy (non-hydrogen) atoms. The van der Waals surface area contributed by atoms with Crippen LogP contribution < -0.4 is 10.6 Å². The van der Waals surface area contributed by atoms with Crippen molar-refractivity contribution in [3.63, 3.8) is 0 Å². The Kier molecular flexibility index (Phi) is 4.18. The van der Waals surface area contributed by atoms with Crippen LogP contribution in [-0.2, 0) is 4.79 Å². The highest BCUT2D eigenvalue weighted by molar-refractivity contribution is 5.79. The van der Waals surface area contributed by atoms with Gasteiger partial charge in [-0.2, -0.15) is 0 Å². The first-order valence-electron chi connectivity index (χ1n) is 6.45. The maximum absolute atomic E-state index is 11.8. The van der Waals surface area contributed by atoms with Crippen LogP contribution in [0.1, 0.15) is 25.7 Å². The van der Waals surface area contributed by atoms with Crippen LogP contribution >= 0.6 is 0 Å². The van der Waals surface area contributed by atoms with Crippen LogP contribution in [0.5, 0.6) is 0 Å². The fourth-order valence-electron chi connectivity index (χ4n) is 2.67. The van der Waals surface area contributed by atoms with Gasteiger partial charge in [-0.05, 0) is 45.8 Å². The number of hydrogen-bond donors (Lipinski definition) is 2. The average molecular weight is 225 g/mol. The molecule has 0 aromatic carbocycles. The van der Waals surface area contributed by atoms with Crippen molar-refractivity contribution in [1.29, 1.82) is 0 Å². The Balaban J connectivity index is 1.60. The van der Waals surface area contributed by atoms with Crippen molar-refractivity contribution >= 4 is 5.91 Å². The van der Waals surface area contributed by atoms with Gasteiger partial charge in [-0.3, -0.25) is 4.79 Å². The van der Waals surface area contributed by atoms with Gasteiger partial charge in [0.2, 0.25) is 5.91 Å². The van der Waals surface area contributed by atoms with Gasteiger partial charge in [0.1, 0.15) is 0 Å². The third-order valence-corrected chi connectivity index (χ3v) is 3.72. The Morgan fingerprint density at radius 1 is 1.50 bits per heavy atom. The van der Waals surface area contributed by atoms with E-state index in [1.54, 1.807) is 0 Å². The first kappa shape index (κ1) is 11.9. The smallest absolute Gasteiger partial charge is 0.224 e. The van der Waals surface area contributed by atoms with Crippen LogP contribution in [0.15, 0.2) is 0 Å². The van der Waals surface area contributed by atoms with Gasteiger partial charge in [-0.1, -0.05) is 0 Å². The third kappa shape index (κ3) is 3.19. The second-order valence-corrected chi connectivity index (χ2v) is 5.12. The van der Waals surface area contributed by atoms with Crippen molar-refractivity contribution in [3.8, 4) is 0 Å². The lowest BCUT2D eigenvalue weighted by atomic mass is 10.1. The fraction of sp³-hybridized carbons (Fsp3) is 0.917. The SMILES string of the molecule is CN1CCC(C(=O)NCCC2CCCN2)C1. The topological polar surface area (TPSA) is 44.4 Å². The highest BCUT2D eigenvalue weighted by Crippen LogP contribution is 2.14. The van der Waals surface area contributed by atoms with Gasteiger partial charge in [0.25, 0.3) is 0 Å². The second-order valence-electron chi connectivity index (χ2n) is 5.12. The zero-order valence-corrected chi connectivity index (χ0v) is 10.2. The molecular formula is C12H23N3O. The number of carbonyl (C=O) groups is 1. The molecule has 0 radical (unpaired) electrons. The molecule has 2 aliphatic heterocycles. The molecule has 2 unspecified atom stereocenters. The molecule has 2 N–H and O–H groups in total. The molecule has 2 aliphatic rings.